The standard InChI is InChI=1S/C10H19NO/c1-9(2)11-6-3-7-12-10(8-11)4-5-10/h9H,3-8H2,1-2H3. The summed E-state index contributed by atoms with van der Waals surface area (Å²) in [6.45, 7) is 7.93. The molecule has 0 unspecified atom stereocenters. The minimum absolute atomic E-state index is 0.292. The molecule has 2 nitrogen and oxygen atoms in total. The fraction of sp³-hybridized carbons (Fsp3) is 1.00. The van der Waals surface area contributed by atoms with Crippen molar-refractivity contribution in [1.82, 2.24) is 4.90 Å². The Labute approximate surface area is 74.9 Å². The van der Waals surface area contributed by atoms with Gasteiger partial charge in [-0.1, -0.05) is 0 Å². The molecule has 0 bridgehead atoms. The van der Waals surface area contributed by atoms with Crippen LogP contribution in [0.25, 0.3) is 0 Å². The molecule has 70 valence electrons. The summed E-state index contributed by atoms with van der Waals surface area (Å²) in [6, 6.07) is 0.684. The maximum atomic E-state index is 5.84. The molecule has 0 aromatic rings. The van der Waals surface area contributed by atoms with Gasteiger partial charge in [0, 0.05) is 25.7 Å². The Morgan fingerprint density at radius 2 is 2.08 bits per heavy atom. The lowest BCUT2D eigenvalue weighted by Crippen LogP contribution is -2.37. The van der Waals surface area contributed by atoms with Crippen molar-refractivity contribution < 1.29 is 4.74 Å². The van der Waals surface area contributed by atoms with Gasteiger partial charge in [-0.05, 0) is 33.1 Å². The highest BCUT2D eigenvalue weighted by atomic mass is 16.5. The Morgan fingerprint density at radius 1 is 1.33 bits per heavy atom. The Balaban J connectivity index is 1.97. The van der Waals surface area contributed by atoms with Crippen LogP contribution < -0.4 is 0 Å². The Morgan fingerprint density at radius 3 is 2.67 bits per heavy atom. The number of nitrogens with zero attached hydrogens (tertiary/aromatic N) is 1. The van der Waals surface area contributed by atoms with Crippen LogP contribution >= 0.6 is 0 Å². The van der Waals surface area contributed by atoms with Crippen molar-refractivity contribution in [2.75, 3.05) is 19.7 Å². The molecule has 2 fully saturated rings. The van der Waals surface area contributed by atoms with Gasteiger partial charge in [0.1, 0.15) is 0 Å². The van der Waals surface area contributed by atoms with Crippen molar-refractivity contribution in [3.8, 4) is 0 Å². The number of hydrogen-bond donors (Lipinski definition) is 0. The molecule has 1 aliphatic heterocycles. The summed E-state index contributed by atoms with van der Waals surface area (Å²) in [5, 5.41) is 0. The summed E-state index contributed by atoms with van der Waals surface area (Å²) < 4.78 is 5.84. The summed E-state index contributed by atoms with van der Waals surface area (Å²) in [6.07, 6.45) is 3.78. The molecule has 2 rings (SSSR count). The van der Waals surface area contributed by atoms with E-state index in [0.717, 1.165) is 6.61 Å². The van der Waals surface area contributed by atoms with Gasteiger partial charge in [-0.2, -0.15) is 0 Å². The van der Waals surface area contributed by atoms with Crippen molar-refractivity contribution >= 4 is 0 Å². The van der Waals surface area contributed by atoms with E-state index in [1.807, 2.05) is 0 Å². The first-order chi connectivity index (χ1) is 5.72. The zero-order valence-electron chi connectivity index (χ0n) is 8.18. The molecule has 0 aromatic carbocycles. The summed E-state index contributed by atoms with van der Waals surface area (Å²) in [7, 11) is 0. The summed E-state index contributed by atoms with van der Waals surface area (Å²) in [5.74, 6) is 0. The molecule has 1 saturated heterocycles. The van der Waals surface area contributed by atoms with Crippen LogP contribution in [0.1, 0.15) is 33.1 Å². The smallest absolute Gasteiger partial charge is 0.0811 e. The fourth-order valence-corrected chi connectivity index (χ4v) is 1.93. The molecule has 1 saturated carbocycles. The molecule has 2 aliphatic rings. The molecule has 12 heavy (non-hydrogen) atoms. The molecule has 1 aliphatic carbocycles. The molecule has 0 amide bonds. The monoisotopic (exact) mass is 169 g/mol. The minimum atomic E-state index is 0.292. The average Bonchev–Trinajstić information content (AvgIpc) is 2.80. The first-order valence-corrected chi connectivity index (χ1v) is 5.10. The molecule has 0 atom stereocenters. The maximum absolute atomic E-state index is 5.84. The third kappa shape index (κ3) is 1.64. The average molecular weight is 169 g/mol. The second-order valence-electron chi connectivity index (χ2n) is 4.45. The quantitative estimate of drug-likeness (QED) is 0.592. The molecule has 1 heterocycles. The van der Waals surface area contributed by atoms with E-state index in [2.05, 4.69) is 18.7 Å². The van der Waals surface area contributed by atoms with E-state index in [4.69, 9.17) is 4.74 Å². The second kappa shape index (κ2) is 3.00. The highest BCUT2D eigenvalue weighted by Gasteiger charge is 2.46. The molecule has 0 N–H and O–H groups in total. The predicted molar refractivity (Wildman–Crippen MR) is 49.2 cm³/mol. The minimum Gasteiger partial charge on any atom is -0.374 e. The zero-order chi connectivity index (χ0) is 8.60. The summed E-state index contributed by atoms with van der Waals surface area (Å²) in [5.41, 5.74) is 0.292. The lowest BCUT2D eigenvalue weighted by atomic mass is 10.2. The van der Waals surface area contributed by atoms with Crippen LogP contribution in [-0.2, 0) is 4.74 Å². The summed E-state index contributed by atoms with van der Waals surface area (Å²) in [4.78, 5) is 2.56. The van der Waals surface area contributed by atoms with Crippen LogP contribution in [0.4, 0.5) is 0 Å². The number of rotatable bonds is 1. The van der Waals surface area contributed by atoms with Crippen molar-refractivity contribution in [3.05, 3.63) is 0 Å². The van der Waals surface area contributed by atoms with E-state index in [0.29, 0.717) is 11.6 Å². The van der Waals surface area contributed by atoms with Gasteiger partial charge >= 0.3 is 0 Å². The fourth-order valence-electron chi connectivity index (χ4n) is 1.93. The third-order valence-corrected chi connectivity index (χ3v) is 3.03. The number of ether oxygens (including phenoxy) is 1. The van der Waals surface area contributed by atoms with Gasteiger partial charge in [-0.15, -0.1) is 0 Å². The van der Waals surface area contributed by atoms with Gasteiger partial charge in [0.2, 0.25) is 0 Å². The van der Waals surface area contributed by atoms with Gasteiger partial charge in [-0.3, -0.25) is 4.90 Å². The normalized spacial score (nSPS) is 29.2. The highest BCUT2D eigenvalue weighted by molar-refractivity contribution is 4.99. The van der Waals surface area contributed by atoms with Gasteiger partial charge in [0.25, 0.3) is 0 Å². The lowest BCUT2D eigenvalue weighted by Gasteiger charge is -2.26. The first-order valence-electron chi connectivity index (χ1n) is 5.10. The van der Waals surface area contributed by atoms with Crippen LogP contribution in [0, 0.1) is 0 Å². The zero-order valence-corrected chi connectivity index (χ0v) is 8.18. The van der Waals surface area contributed by atoms with Gasteiger partial charge in [-0.25, -0.2) is 0 Å². The highest BCUT2D eigenvalue weighted by Crippen LogP contribution is 2.41. The third-order valence-electron chi connectivity index (χ3n) is 3.03. The maximum Gasteiger partial charge on any atom is 0.0811 e. The molecule has 0 radical (unpaired) electrons. The Hall–Kier alpha value is -0.0800. The van der Waals surface area contributed by atoms with Gasteiger partial charge in [0.15, 0.2) is 0 Å². The van der Waals surface area contributed by atoms with Crippen molar-refractivity contribution in [2.45, 2.75) is 44.8 Å². The van der Waals surface area contributed by atoms with E-state index in [-0.39, 0.29) is 0 Å². The topological polar surface area (TPSA) is 12.5 Å². The van der Waals surface area contributed by atoms with Crippen LogP contribution in [-0.4, -0.2) is 36.2 Å². The van der Waals surface area contributed by atoms with E-state index in [9.17, 15) is 0 Å². The second-order valence-corrected chi connectivity index (χ2v) is 4.45. The number of hydrogen-bond acceptors (Lipinski definition) is 2. The van der Waals surface area contributed by atoms with Crippen molar-refractivity contribution in [2.24, 2.45) is 0 Å². The van der Waals surface area contributed by atoms with Gasteiger partial charge < -0.3 is 4.74 Å². The Kier molecular flexibility index (Phi) is 2.13. The summed E-state index contributed by atoms with van der Waals surface area (Å²) >= 11 is 0. The molecule has 0 aromatic heterocycles. The van der Waals surface area contributed by atoms with Crippen LogP contribution in [0.3, 0.4) is 0 Å². The van der Waals surface area contributed by atoms with E-state index in [1.54, 1.807) is 0 Å². The largest absolute Gasteiger partial charge is 0.374 e. The van der Waals surface area contributed by atoms with E-state index in [1.165, 1.54) is 32.4 Å². The first kappa shape index (κ1) is 8.52. The molecule has 2 heteroatoms. The lowest BCUT2D eigenvalue weighted by molar-refractivity contribution is 0.0296. The molecule has 1 spiro atoms. The van der Waals surface area contributed by atoms with E-state index >= 15 is 0 Å². The van der Waals surface area contributed by atoms with E-state index < -0.39 is 0 Å². The van der Waals surface area contributed by atoms with Crippen LogP contribution in [0.5, 0.6) is 0 Å². The van der Waals surface area contributed by atoms with Crippen molar-refractivity contribution in [3.63, 3.8) is 0 Å². The van der Waals surface area contributed by atoms with Crippen molar-refractivity contribution in [1.29, 1.82) is 0 Å². The van der Waals surface area contributed by atoms with Crippen LogP contribution in [0.15, 0.2) is 0 Å². The SMILES string of the molecule is CC(C)N1CCCOC2(CC2)C1. The Bertz CT molecular complexity index is 163. The van der Waals surface area contributed by atoms with Gasteiger partial charge in [0.05, 0.1) is 5.60 Å². The predicted octanol–water partition coefficient (Wildman–Crippen LogP) is 1.65. The molecular formula is C10H19NO. The molecular weight excluding hydrogens is 150 g/mol. The van der Waals surface area contributed by atoms with Crippen LogP contribution in [0.2, 0.25) is 0 Å².